The molecule has 1 aromatic heterocycles. The van der Waals surface area contributed by atoms with Crippen molar-refractivity contribution >= 4 is 11.9 Å². The molecule has 26 heavy (non-hydrogen) atoms. The van der Waals surface area contributed by atoms with Crippen molar-refractivity contribution < 1.29 is 14.3 Å². The molecule has 1 heterocycles. The topological polar surface area (TPSA) is 84.1 Å². The standard InChI is InChI=1S/C20H19N3O3/c1-14(16-10-6-3-7-11-16)23-19(24)17-18(22-13-21-17)20(25)26-12-15-8-4-2-5-9-15/h2-11,13-14H,12H2,1H3,(H,21,22)(H,23,24)/t14-/m1/s1. The van der Waals surface area contributed by atoms with E-state index in [1.54, 1.807) is 0 Å². The highest BCUT2D eigenvalue weighted by Crippen LogP contribution is 2.14. The normalized spacial score (nSPS) is 11.6. The molecular formula is C20H19N3O3. The number of esters is 1. The molecule has 0 fully saturated rings. The van der Waals surface area contributed by atoms with Crippen LogP contribution in [0.5, 0.6) is 0 Å². The maximum Gasteiger partial charge on any atom is 0.357 e. The quantitative estimate of drug-likeness (QED) is 0.669. The Labute approximate surface area is 151 Å². The van der Waals surface area contributed by atoms with E-state index in [2.05, 4.69) is 15.3 Å². The van der Waals surface area contributed by atoms with Crippen molar-refractivity contribution in [3.8, 4) is 0 Å². The molecular weight excluding hydrogens is 330 g/mol. The number of carbonyl (C=O) groups is 2. The molecule has 0 saturated heterocycles. The molecule has 0 saturated carbocycles. The molecule has 3 rings (SSSR count). The van der Waals surface area contributed by atoms with Gasteiger partial charge in [-0.1, -0.05) is 60.7 Å². The summed E-state index contributed by atoms with van der Waals surface area (Å²) in [5, 5.41) is 2.84. The Kier molecular flexibility index (Phi) is 5.43. The summed E-state index contributed by atoms with van der Waals surface area (Å²) in [6, 6.07) is 18.7. The van der Waals surface area contributed by atoms with Crippen molar-refractivity contribution in [2.45, 2.75) is 19.6 Å². The van der Waals surface area contributed by atoms with Crippen LogP contribution >= 0.6 is 0 Å². The smallest absolute Gasteiger partial charge is 0.357 e. The first kappa shape index (κ1) is 17.4. The first-order valence-corrected chi connectivity index (χ1v) is 8.25. The summed E-state index contributed by atoms with van der Waals surface area (Å²) in [7, 11) is 0. The van der Waals surface area contributed by atoms with Gasteiger partial charge in [0.05, 0.1) is 12.4 Å². The molecule has 3 aromatic rings. The Balaban J connectivity index is 1.65. The van der Waals surface area contributed by atoms with Gasteiger partial charge >= 0.3 is 5.97 Å². The zero-order valence-electron chi connectivity index (χ0n) is 14.3. The molecule has 0 aliphatic carbocycles. The maximum absolute atomic E-state index is 12.5. The van der Waals surface area contributed by atoms with Crippen molar-refractivity contribution in [1.29, 1.82) is 0 Å². The molecule has 1 amide bonds. The summed E-state index contributed by atoms with van der Waals surface area (Å²) >= 11 is 0. The van der Waals surface area contributed by atoms with Crippen LogP contribution in [0.25, 0.3) is 0 Å². The van der Waals surface area contributed by atoms with Gasteiger partial charge in [-0.3, -0.25) is 4.79 Å². The highest BCUT2D eigenvalue weighted by Gasteiger charge is 2.23. The van der Waals surface area contributed by atoms with Crippen LogP contribution in [0.15, 0.2) is 67.0 Å². The van der Waals surface area contributed by atoms with Crippen LogP contribution in [0.2, 0.25) is 0 Å². The van der Waals surface area contributed by atoms with Crippen LogP contribution in [0.3, 0.4) is 0 Å². The molecule has 6 heteroatoms. The lowest BCUT2D eigenvalue weighted by atomic mass is 10.1. The molecule has 6 nitrogen and oxygen atoms in total. The SMILES string of the molecule is C[C@@H](NC(=O)c1nc[nH]c1C(=O)OCc1ccccc1)c1ccccc1. The summed E-state index contributed by atoms with van der Waals surface area (Å²) in [6.07, 6.45) is 1.31. The monoisotopic (exact) mass is 349 g/mol. The first-order valence-electron chi connectivity index (χ1n) is 8.25. The molecule has 0 spiro atoms. The second-order valence-electron chi connectivity index (χ2n) is 5.79. The Hall–Kier alpha value is -3.41. The Bertz CT molecular complexity index is 876. The minimum absolute atomic E-state index is 0.0193. The van der Waals surface area contributed by atoms with Crippen molar-refractivity contribution in [3.63, 3.8) is 0 Å². The average molecular weight is 349 g/mol. The van der Waals surface area contributed by atoms with Crippen LogP contribution in [-0.2, 0) is 11.3 Å². The van der Waals surface area contributed by atoms with Crippen LogP contribution in [0.4, 0.5) is 0 Å². The third-order valence-electron chi connectivity index (χ3n) is 3.92. The van der Waals surface area contributed by atoms with E-state index in [0.29, 0.717) is 0 Å². The van der Waals surface area contributed by atoms with Crippen LogP contribution < -0.4 is 5.32 Å². The van der Waals surface area contributed by atoms with Crippen molar-refractivity contribution in [1.82, 2.24) is 15.3 Å². The highest BCUT2D eigenvalue weighted by atomic mass is 16.5. The number of imidazole rings is 1. The van der Waals surface area contributed by atoms with Crippen molar-refractivity contribution in [3.05, 3.63) is 89.5 Å². The van der Waals surface area contributed by atoms with E-state index in [1.165, 1.54) is 6.33 Å². The number of hydrogen-bond acceptors (Lipinski definition) is 4. The molecule has 0 aliphatic rings. The van der Waals surface area contributed by atoms with Gasteiger partial charge in [0, 0.05) is 0 Å². The number of aromatic amines is 1. The van der Waals surface area contributed by atoms with Gasteiger partial charge in [0.1, 0.15) is 6.61 Å². The van der Waals surface area contributed by atoms with Gasteiger partial charge in [-0.15, -0.1) is 0 Å². The molecule has 0 aliphatic heterocycles. The number of H-pyrrole nitrogens is 1. The Morgan fingerprint density at radius 2 is 1.73 bits per heavy atom. The lowest BCUT2D eigenvalue weighted by Crippen LogP contribution is -2.28. The third kappa shape index (κ3) is 4.16. The number of benzene rings is 2. The molecule has 0 radical (unpaired) electrons. The molecule has 1 atom stereocenters. The lowest BCUT2D eigenvalue weighted by molar-refractivity contribution is 0.0462. The van der Waals surface area contributed by atoms with Gasteiger partial charge < -0.3 is 15.0 Å². The minimum atomic E-state index is -0.621. The van der Waals surface area contributed by atoms with Crippen molar-refractivity contribution in [2.75, 3.05) is 0 Å². The zero-order chi connectivity index (χ0) is 18.4. The number of ether oxygens (including phenoxy) is 1. The molecule has 132 valence electrons. The number of aromatic nitrogens is 2. The van der Waals surface area contributed by atoms with Gasteiger partial charge in [0.25, 0.3) is 5.91 Å². The second-order valence-corrected chi connectivity index (χ2v) is 5.79. The summed E-state index contributed by atoms with van der Waals surface area (Å²) < 4.78 is 5.26. The van der Waals surface area contributed by atoms with E-state index in [4.69, 9.17) is 4.74 Å². The molecule has 0 bridgehead atoms. The van der Waals surface area contributed by atoms with Gasteiger partial charge in [-0.05, 0) is 18.1 Å². The number of nitrogens with one attached hydrogen (secondary N) is 2. The van der Waals surface area contributed by atoms with Gasteiger partial charge in [-0.25, -0.2) is 9.78 Å². The van der Waals surface area contributed by atoms with E-state index >= 15 is 0 Å². The fourth-order valence-corrected chi connectivity index (χ4v) is 2.51. The number of rotatable bonds is 6. The fourth-order valence-electron chi connectivity index (χ4n) is 2.51. The number of amides is 1. The van der Waals surface area contributed by atoms with Gasteiger partial charge in [0.15, 0.2) is 11.4 Å². The largest absolute Gasteiger partial charge is 0.456 e. The van der Waals surface area contributed by atoms with Crippen LogP contribution in [0, 0.1) is 0 Å². The number of carbonyl (C=O) groups excluding carboxylic acids is 2. The van der Waals surface area contributed by atoms with E-state index in [1.807, 2.05) is 67.6 Å². The van der Waals surface area contributed by atoms with E-state index < -0.39 is 11.9 Å². The second kappa shape index (κ2) is 8.11. The van der Waals surface area contributed by atoms with Crippen molar-refractivity contribution in [2.24, 2.45) is 0 Å². The highest BCUT2D eigenvalue weighted by molar-refractivity contribution is 6.02. The lowest BCUT2D eigenvalue weighted by Gasteiger charge is -2.13. The summed E-state index contributed by atoms with van der Waals surface area (Å²) in [6.45, 7) is 1.99. The van der Waals surface area contributed by atoms with Gasteiger partial charge in [0.2, 0.25) is 0 Å². The van der Waals surface area contributed by atoms with Crippen LogP contribution in [0.1, 0.15) is 45.1 Å². The number of nitrogens with zero attached hydrogens (tertiary/aromatic N) is 1. The third-order valence-corrected chi connectivity index (χ3v) is 3.92. The molecule has 0 unspecified atom stereocenters. The first-order chi connectivity index (χ1) is 12.6. The fraction of sp³-hybridized carbons (Fsp3) is 0.150. The average Bonchev–Trinajstić information content (AvgIpc) is 3.17. The predicted octanol–water partition coefficient (Wildman–Crippen LogP) is 3.26. The van der Waals surface area contributed by atoms with Gasteiger partial charge in [-0.2, -0.15) is 0 Å². The number of hydrogen-bond donors (Lipinski definition) is 2. The molecule has 2 N–H and O–H groups in total. The van der Waals surface area contributed by atoms with E-state index in [9.17, 15) is 9.59 Å². The van der Waals surface area contributed by atoms with Crippen LogP contribution in [-0.4, -0.2) is 21.8 Å². The van der Waals surface area contributed by atoms with E-state index in [0.717, 1.165) is 11.1 Å². The maximum atomic E-state index is 12.5. The molecule has 2 aromatic carbocycles. The Morgan fingerprint density at radius 1 is 1.08 bits per heavy atom. The van der Waals surface area contributed by atoms with E-state index in [-0.39, 0.29) is 24.0 Å². The Morgan fingerprint density at radius 3 is 2.42 bits per heavy atom. The minimum Gasteiger partial charge on any atom is -0.456 e. The summed E-state index contributed by atoms with van der Waals surface area (Å²) in [5.41, 5.74) is 1.89. The predicted molar refractivity (Wildman–Crippen MR) is 96.5 cm³/mol. The summed E-state index contributed by atoms with van der Waals surface area (Å²) in [4.78, 5) is 31.4. The summed E-state index contributed by atoms with van der Waals surface area (Å²) in [5.74, 6) is -1.06. The zero-order valence-corrected chi connectivity index (χ0v) is 14.3.